The smallest absolute Gasteiger partial charge is 0.310 e. The van der Waals surface area contributed by atoms with Gasteiger partial charge in [0, 0.05) is 3.58 Å². The molecule has 0 fully saturated rings. The standard InChI is InChI=1S/C9H13I3O2/c1-6(2)3-4-14-8(13)5-7(10)9(11)12/h6H,3-5H2,1-2H3. The second-order valence-electron chi connectivity index (χ2n) is 3.25. The lowest BCUT2D eigenvalue weighted by atomic mass is 10.1. The molecule has 82 valence electrons. The van der Waals surface area contributed by atoms with Crippen LogP contribution in [0.1, 0.15) is 26.7 Å². The summed E-state index contributed by atoms with van der Waals surface area (Å²) in [6.45, 7) is 4.77. The van der Waals surface area contributed by atoms with E-state index in [1.807, 2.05) is 0 Å². The molecule has 0 rings (SSSR count). The minimum absolute atomic E-state index is 0.124. The number of rotatable bonds is 5. The molecule has 5 heteroatoms. The molecule has 0 aromatic carbocycles. The fourth-order valence-electron chi connectivity index (χ4n) is 0.653. The van der Waals surface area contributed by atoms with E-state index in [2.05, 4.69) is 81.6 Å². The number of halogens is 3. The molecule has 0 atom stereocenters. The van der Waals surface area contributed by atoms with Crippen LogP contribution in [0.5, 0.6) is 0 Å². The highest BCUT2D eigenvalue weighted by molar-refractivity contribution is 14.2. The molecule has 0 heterocycles. The highest BCUT2D eigenvalue weighted by Gasteiger charge is 2.07. The van der Waals surface area contributed by atoms with Crippen LogP contribution in [0, 0.1) is 5.92 Å². The van der Waals surface area contributed by atoms with Crippen LogP contribution in [0.2, 0.25) is 0 Å². The predicted octanol–water partition coefficient (Wildman–Crippen LogP) is 4.44. The summed E-state index contributed by atoms with van der Waals surface area (Å²) in [5, 5.41) is 0. The van der Waals surface area contributed by atoms with E-state index in [4.69, 9.17) is 4.74 Å². The molecule has 0 spiro atoms. The van der Waals surface area contributed by atoms with Crippen LogP contribution in [0.25, 0.3) is 0 Å². The zero-order chi connectivity index (χ0) is 11.1. The summed E-state index contributed by atoms with van der Waals surface area (Å²) in [5.74, 6) is 0.461. The van der Waals surface area contributed by atoms with Gasteiger partial charge in [0.15, 0.2) is 0 Å². The van der Waals surface area contributed by atoms with Crippen LogP contribution in [-0.4, -0.2) is 12.6 Å². The predicted molar refractivity (Wildman–Crippen MR) is 84.1 cm³/mol. The molecule has 0 aromatic heterocycles. The molecule has 0 unspecified atom stereocenters. The third-order valence-electron chi connectivity index (χ3n) is 1.46. The van der Waals surface area contributed by atoms with Crippen LogP contribution in [0.4, 0.5) is 0 Å². The Hall–Kier alpha value is 1.40. The summed E-state index contributed by atoms with van der Waals surface area (Å²) in [5.41, 5.74) is 0. The number of hydrogen-bond acceptors (Lipinski definition) is 2. The van der Waals surface area contributed by atoms with Crippen molar-refractivity contribution < 1.29 is 9.53 Å². The lowest BCUT2D eigenvalue weighted by Crippen LogP contribution is -2.07. The molecule has 0 aromatic rings. The fraction of sp³-hybridized carbons (Fsp3) is 0.667. The zero-order valence-electron chi connectivity index (χ0n) is 8.15. The quantitative estimate of drug-likeness (QED) is 0.386. The van der Waals surface area contributed by atoms with E-state index in [0.717, 1.165) is 11.6 Å². The summed E-state index contributed by atoms with van der Waals surface area (Å²) in [7, 11) is 0. The first-order chi connectivity index (χ1) is 6.43. The minimum Gasteiger partial charge on any atom is -0.465 e. The largest absolute Gasteiger partial charge is 0.465 e. The third-order valence-corrected chi connectivity index (χ3v) is 5.75. The fourth-order valence-corrected chi connectivity index (χ4v) is 1.35. The van der Waals surface area contributed by atoms with E-state index < -0.39 is 0 Å². The number of hydrogen-bond donors (Lipinski definition) is 0. The Bertz CT molecular complexity index is 220. The molecule has 0 aliphatic rings. The maximum atomic E-state index is 11.3. The van der Waals surface area contributed by atoms with Gasteiger partial charge in [-0.2, -0.15) is 0 Å². The van der Waals surface area contributed by atoms with Gasteiger partial charge in [0.05, 0.1) is 14.6 Å². The molecule has 0 saturated heterocycles. The van der Waals surface area contributed by atoms with Gasteiger partial charge in [-0.1, -0.05) is 13.8 Å². The van der Waals surface area contributed by atoms with Gasteiger partial charge in [0.25, 0.3) is 0 Å². The lowest BCUT2D eigenvalue weighted by molar-refractivity contribution is -0.142. The first kappa shape index (κ1) is 15.4. The molecular formula is C9H13I3O2. The topological polar surface area (TPSA) is 26.3 Å². The van der Waals surface area contributed by atoms with Crippen LogP contribution >= 0.6 is 67.8 Å². The number of ether oxygens (including phenoxy) is 1. The Morgan fingerprint density at radius 3 is 2.29 bits per heavy atom. The van der Waals surface area contributed by atoms with Gasteiger partial charge in [0.1, 0.15) is 0 Å². The first-order valence-corrected chi connectivity index (χ1v) is 7.52. The van der Waals surface area contributed by atoms with E-state index in [1.165, 1.54) is 0 Å². The highest BCUT2D eigenvalue weighted by atomic mass is 127. The number of carbonyl (C=O) groups is 1. The summed E-state index contributed by atoms with van der Waals surface area (Å²) >= 11 is 6.58. The Morgan fingerprint density at radius 1 is 1.29 bits per heavy atom. The molecule has 0 amide bonds. The van der Waals surface area contributed by atoms with Gasteiger partial charge in [-0.3, -0.25) is 4.79 Å². The molecule has 0 saturated carbocycles. The Balaban J connectivity index is 3.72. The van der Waals surface area contributed by atoms with Crippen molar-refractivity contribution in [3.63, 3.8) is 0 Å². The van der Waals surface area contributed by atoms with E-state index in [0.29, 0.717) is 18.9 Å². The second-order valence-corrected chi connectivity index (χ2v) is 8.77. The maximum absolute atomic E-state index is 11.3. The Kier molecular flexibility index (Phi) is 9.39. The van der Waals surface area contributed by atoms with Crippen molar-refractivity contribution >= 4 is 73.7 Å². The van der Waals surface area contributed by atoms with Gasteiger partial charge < -0.3 is 4.74 Å². The summed E-state index contributed by atoms with van der Waals surface area (Å²) < 4.78 is 7.27. The summed E-state index contributed by atoms with van der Waals surface area (Å²) in [4.78, 5) is 11.3. The normalized spacial score (nSPS) is 10.1. The van der Waals surface area contributed by atoms with Gasteiger partial charge in [-0.15, -0.1) is 0 Å². The molecule has 14 heavy (non-hydrogen) atoms. The highest BCUT2D eigenvalue weighted by Crippen LogP contribution is 2.27. The SMILES string of the molecule is CC(C)CCOC(=O)CC(I)=C(I)I. The van der Waals surface area contributed by atoms with Gasteiger partial charge in [0.2, 0.25) is 0 Å². The Labute approximate surface area is 126 Å². The summed E-state index contributed by atoms with van der Waals surface area (Å²) in [6.07, 6.45) is 1.34. The number of carbonyl (C=O) groups excluding carboxylic acids is 1. The molecule has 0 N–H and O–H groups in total. The molecule has 2 nitrogen and oxygen atoms in total. The monoisotopic (exact) mass is 534 g/mol. The van der Waals surface area contributed by atoms with Crippen molar-refractivity contribution in [2.24, 2.45) is 5.92 Å². The average molecular weight is 534 g/mol. The minimum atomic E-state index is -0.124. The maximum Gasteiger partial charge on any atom is 0.310 e. The summed E-state index contributed by atoms with van der Waals surface area (Å²) in [6, 6.07) is 0. The van der Waals surface area contributed by atoms with Crippen LogP contribution in [-0.2, 0) is 9.53 Å². The van der Waals surface area contributed by atoms with Crippen LogP contribution in [0.15, 0.2) is 5.17 Å². The third kappa shape index (κ3) is 8.69. The molecular weight excluding hydrogens is 521 g/mol. The van der Waals surface area contributed by atoms with Gasteiger partial charge in [-0.05, 0) is 80.1 Å². The van der Waals surface area contributed by atoms with E-state index >= 15 is 0 Å². The van der Waals surface area contributed by atoms with Crippen molar-refractivity contribution in [3.05, 3.63) is 5.17 Å². The van der Waals surface area contributed by atoms with Crippen molar-refractivity contribution in [1.29, 1.82) is 0 Å². The lowest BCUT2D eigenvalue weighted by Gasteiger charge is -2.06. The van der Waals surface area contributed by atoms with Crippen molar-refractivity contribution in [2.75, 3.05) is 6.61 Å². The Morgan fingerprint density at radius 2 is 1.86 bits per heavy atom. The van der Waals surface area contributed by atoms with E-state index in [9.17, 15) is 4.79 Å². The van der Waals surface area contributed by atoms with Gasteiger partial charge in [-0.25, -0.2) is 0 Å². The molecule has 0 radical (unpaired) electrons. The molecule has 0 bridgehead atoms. The van der Waals surface area contributed by atoms with E-state index in [-0.39, 0.29) is 5.97 Å². The molecule has 0 aliphatic carbocycles. The van der Waals surface area contributed by atoms with Crippen LogP contribution in [0.3, 0.4) is 0 Å². The van der Waals surface area contributed by atoms with E-state index in [1.54, 1.807) is 0 Å². The van der Waals surface area contributed by atoms with Crippen molar-refractivity contribution in [2.45, 2.75) is 26.7 Å². The zero-order valence-corrected chi connectivity index (χ0v) is 14.6. The van der Waals surface area contributed by atoms with Gasteiger partial charge >= 0.3 is 5.97 Å². The number of esters is 1. The second kappa shape index (κ2) is 8.54. The van der Waals surface area contributed by atoms with Crippen molar-refractivity contribution in [1.82, 2.24) is 0 Å². The molecule has 0 aliphatic heterocycles. The van der Waals surface area contributed by atoms with Crippen LogP contribution < -0.4 is 0 Å². The van der Waals surface area contributed by atoms with Crippen molar-refractivity contribution in [3.8, 4) is 0 Å². The average Bonchev–Trinajstić information content (AvgIpc) is 2.02. The first-order valence-electron chi connectivity index (χ1n) is 4.28.